The van der Waals surface area contributed by atoms with E-state index in [0.29, 0.717) is 0 Å². The van der Waals surface area contributed by atoms with Crippen LogP contribution in [0.1, 0.15) is 33.6 Å². The fourth-order valence-electron chi connectivity index (χ4n) is 1.58. The van der Waals surface area contributed by atoms with Crippen molar-refractivity contribution >= 4 is 5.69 Å². The summed E-state index contributed by atoms with van der Waals surface area (Å²) in [4.78, 5) is 2.28. The van der Waals surface area contributed by atoms with Crippen molar-refractivity contribution in [3.8, 4) is 5.75 Å². The van der Waals surface area contributed by atoms with Gasteiger partial charge in [-0.2, -0.15) is 0 Å². The maximum Gasteiger partial charge on any atom is 0.119 e. The van der Waals surface area contributed by atoms with E-state index in [1.807, 2.05) is 26.0 Å². The molecule has 0 N–H and O–H groups in total. The van der Waals surface area contributed by atoms with E-state index in [4.69, 9.17) is 4.74 Å². The van der Waals surface area contributed by atoms with Gasteiger partial charge in [0, 0.05) is 19.3 Å². The number of anilines is 1. The van der Waals surface area contributed by atoms with Gasteiger partial charge in [-0.15, -0.1) is 0 Å². The second kappa shape index (κ2) is 6.41. The molecule has 0 bridgehead atoms. The standard InChI is InChI=1S/C14H23NO/c1-5-6-11-15(4)13-7-9-14(10-8-13)16-12(2)3/h7-10,12H,5-6,11H2,1-4H3. The number of unbranched alkanes of at least 4 members (excludes halogenated alkanes) is 1. The Morgan fingerprint density at radius 3 is 2.31 bits per heavy atom. The Balaban J connectivity index is 2.56. The van der Waals surface area contributed by atoms with Crippen molar-refractivity contribution in [1.82, 2.24) is 0 Å². The van der Waals surface area contributed by atoms with Crippen LogP contribution >= 0.6 is 0 Å². The Hall–Kier alpha value is -1.18. The molecule has 16 heavy (non-hydrogen) atoms. The average molecular weight is 221 g/mol. The van der Waals surface area contributed by atoms with Crippen LogP contribution in [0.4, 0.5) is 5.69 Å². The smallest absolute Gasteiger partial charge is 0.119 e. The molecule has 0 saturated heterocycles. The summed E-state index contributed by atoms with van der Waals surface area (Å²) in [7, 11) is 2.13. The van der Waals surface area contributed by atoms with Crippen molar-refractivity contribution in [3.63, 3.8) is 0 Å². The molecule has 0 spiro atoms. The van der Waals surface area contributed by atoms with Gasteiger partial charge in [0.25, 0.3) is 0 Å². The van der Waals surface area contributed by atoms with Crippen LogP contribution in [-0.4, -0.2) is 19.7 Å². The van der Waals surface area contributed by atoms with Crippen molar-refractivity contribution in [2.75, 3.05) is 18.5 Å². The number of hydrogen-bond donors (Lipinski definition) is 0. The average Bonchev–Trinajstić information content (AvgIpc) is 2.26. The number of hydrogen-bond acceptors (Lipinski definition) is 2. The normalized spacial score (nSPS) is 10.6. The van der Waals surface area contributed by atoms with Crippen LogP contribution in [0.5, 0.6) is 5.75 Å². The molecule has 0 fully saturated rings. The molecule has 0 aromatic heterocycles. The van der Waals surface area contributed by atoms with Gasteiger partial charge in [0.1, 0.15) is 5.75 Å². The fraction of sp³-hybridized carbons (Fsp3) is 0.571. The first kappa shape index (κ1) is 12.9. The number of benzene rings is 1. The predicted octanol–water partition coefficient (Wildman–Crippen LogP) is 3.71. The van der Waals surface area contributed by atoms with Crippen LogP contribution in [0.15, 0.2) is 24.3 Å². The molecule has 0 aliphatic carbocycles. The minimum atomic E-state index is 0.240. The fourth-order valence-corrected chi connectivity index (χ4v) is 1.58. The van der Waals surface area contributed by atoms with Crippen LogP contribution in [0.3, 0.4) is 0 Å². The van der Waals surface area contributed by atoms with E-state index in [0.717, 1.165) is 12.3 Å². The highest BCUT2D eigenvalue weighted by Gasteiger charge is 2.01. The lowest BCUT2D eigenvalue weighted by molar-refractivity contribution is 0.242. The molecule has 0 aliphatic heterocycles. The predicted molar refractivity (Wildman–Crippen MR) is 70.4 cm³/mol. The second-order valence-electron chi connectivity index (χ2n) is 4.44. The van der Waals surface area contributed by atoms with E-state index < -0.39 is 0 Å². The lowest BCUT2D eigenvalue weighted by atomic mass is 10.2. The largest absolute Gasteiger partial charge is 0.491 e. The molecule has 0 saturated carbocycles. The van der Waals surface area contributed by atoms with E-state index in [1.165, 1.54) is 18.5 Å². The Morgan fingerprint density at radius 2 is 1.81 bits per heavy atom. The lowest BCUT2D eigenvalue weighted by Gasteiger charge is -2.19. The van der Waals surface area contributed by atoms with Gasteiger partial charge in [0.05, 0.1) is 6.10 Å². The Kier molecular flexibility index (Phi) is 5.17. The summed E-state index contributed by atoms with van der Waals surface area (Å²) in [6.45, 7) is 7.41. The van der Waals surface area contributed by atoms with E-state index >= 15 is 0 Å². The molecule has 0 unspecified atom stereocenters. The molecule has 0 heterocycles. The first-order valence-electron chi connectivity index (χ1n) is 6.11. The third-order valence-electron chi connectivity index (χ3n) is 2.50. The molecular formula is C14H23NO. The van der Waals surface area contributed by atoms with Gasteiger partial charge in [0.15, 0.2) is 0 Å². The van der Waals surface area contributed by atoms with Crippen molar-refractivity contribution in [2.45, 2.75) is 39.7 Å². The molecule has 90 valence electrons. The zero-order valence-electron chi connectivity index (χ0n) is 10.9. The Bertz CT molecular complexity index is 292. The van der Waals surface area contributed by atoms with Crippen molar-refractivity contribution in [3.05, 3.63) is 24.3 Å². The van der Waals surface area contributed by atoms with Gasteiger partial charge in [-0.3, -0.25) is 0 Å². The highest BCUT2D eigenvalue weighted by Crippen LogP contribution is 2.19. The van der Waals surface area contributed by atoms with Crippen LogP contribution in [-0.2, 0) is 0 Å². The number of nitrogens with zero attached hydrogens (tertiary/aromatic N) is 1. The Morgan fingerprint density at radius 1 is 1.19 bits per heavy atom. The molecule has 1 aromatic rings. The summed E-state index contributed by atoms with van der Waals surface area (Å²) < 4.78 is 5.61. The minimum Gasteiger partial charge on any atom is -0.491 e. The highest BCUT2D eigenvalue weighted by molar-refractivity contribution is 5.48. The van der Waals surface area contributed by atoms with Gasteiger partial charge in [0.2, 0.25) is 0 Å². The molecule has 0 aliphatic rings. The molecular weight excluding hydrogens is 198 g/mol. The third kappa shape index (κ3) is 4.13. The maximum atomic E-state index is 5.61. The van der Waals surface area contributed by atoms with Gasteiger partial charge >= 0.3 is 0 Å². The first-order valence-corrected chi connectivity index (χ1v) is 6.11. The van der Waals surface area contributed by atoms with Crippen molar-refractivity contribution < 1.29 is 4.74 Å². The third-order valence-corrected chi connectivity index (χ3v) is 2.50. The number of ether oxygens (including phenoxy) is 1. The summed E-state index contributed by atoms with van der Waals surface area (Å²) in [5.74, 6) is 0.947. The van der Waals surface area contributed by atoms with Crippen LogP contribution in [0.2, 0.25) is 0 Å². The van der Waals surface area contributed by atoms with Gasteiger partial charge in [-0.25, -0.2) is 0 Å². The zero-order chi connectivity index (χ0) is 12.0. The van der Waals surface area contributed by atoms with Crippen LogP contribution in [0, 0.1) is 0 Å². The summed E-state index contributed by atoms with van der Waals surface area (Å²) in [6.07, 6.45) is 2.71. The van der Waals surface area contributed by atoms with E-state index in [2.05, 4.69) is 31.0 Å². The van der Waals surface area contributed by atoms with E-state index in [-0.39, 0.29) is 6.10 Å². The second-order valence-corrected chi connectivity index (χ2v) is 4.44. The monoisotopic (exact) mass is 221 g/mol. The van der Waals surface area contributed by atoms with Gasteiger partial charge < -0.3 is 9.64 Å². The maximum absolute atomic E-state index is 5.61. The summed E-state index contributed by atoms with van der Waals surface area (Å²) in [5, 5.41) is 0. The van der Waals surface area contributed by atoms with Crippen molar-refractivity contribution in [2.24, 2.45) is 0 Å². The lowest BCUT2D eigenvalue weighted by Crippen LogP contribution is -2.18. The highest BCUT2D eigenvalue weighted by atomic mass is 16.5. The van der Waals surface area contributed by atoms with E-state index in [9.17, 15) is 0 Å². The minimum absolute atomic E-state index is 0.240. The van der Waals surface area contributed by atoms with Crippen LogP contribution in [0.25, 0.3) is 0 Å². The molecule has 1 rings (SSSR count). The molecule has 2 nitrogen and oxygen atoms in total. The Labute approximate surface area is 99.2 Å². The molecule has 2 heteroatoms. The molecule has 1 aromatic carbocycles. The van der Waals surface area contributed by atoms with Crippen molar-refractivity contribution in [1.29, 1.82) is 0 Å². The zero-order valence-corrected chi connectivity index (χ0v) is 10.9. The van der Waals surface area contributed by atoms with Crippen LogP contribution < -0.4 is 9.64 Å². The SMILES string of the molecule is CCCCN(C)c1ccc(OC(C)C)cc1. The molecule has 0 atom stereocenters. The molecule has 0 radical (unpaired) electrons. The summed E-state index contributed by atoms with van der Waals surface area (Å²) in [5.41, 5.74) is 1.25. The first-order chi connectivity index (χ1) is 7.63. The summed E-state index contributed by atoms with van der Waals surface area (Å²) in [6, 6.07) is 8.32. The van der Waals surface area contributed by atoms with Gasteiger partial charge in [-0.1, -0.05) is 13.3 Å². The molecule has 0 amide bonds. The summed E-state index contributed by atoms with van der Waals surface area (Å²) >= 11 is 0. The van der Waals surface area contributed by atoms with E-state index in [1.54, 1.807) is 0 Å². The quantitative estimate of drug-likeness (QED) is 0.726. The number of rotatable bonds is 6. The van der Waals surface area contributed by atoms with Gasteiger partial charge in [-0.05, 0) is 44.5 Å². The topological polar surface area (TPSA) is 12.5 Å².